The maximum absolute atomic E-state index is 5.83. The van der Waals surface area contributed by atoms with Gasteiger partial charge >= 0.3 is 0 Å². The molecule has 1 saturated carbocycles. The third-order valence-electron chi connectivity index (χ3n) is 3.94. The highest BCUT2D eigenvalue weighted by atomic mass is 16.7. The third kappa shape index (κ3) is 2.85. The van der Waals surface area contributed by atoms with Crippen molar-refractivity contribution in [1.29, 1.82) is 0 Å². The number of ether oxygens (including phenoxy) is 2. The predicted molar refractivity (Wildman–Crippen MR) is 72.3 cm³/mol. The van der Waals surface area contributed by atoms with E-state index >= 15 is 0 Å². The van der Waals surface area contributed by atoms with E-state index in [1.807, 2.05) is 18.2 Å². The van der Waals surface area contributed by atoms with Crippen LogP contribution < -0.4 is 15.0 Å². The summed E-state index contributed by atoms with van der Waals surface area (Å²) >= 11 is 0. The van der Waals surface area contributed by atoms with Crippen LogP contribution in [0, 0.1) is 0 Å². The summed E-state index contributed by atoms with van der Waals surface area (Å²) in [6.07, 6.45) is 6.20. The lowest BCUT2D eigenvalue weighted by atomic mass is 10.0. The maximum Gasteiger partial charge on any atom is 0.124 e. The molecule has 1 aliphatic carbocycles. The average molecular weight is 263 g/mol. The fraction of sp³-hybridized carbons (Fsp3) is 0.600. The van der Waals surface area contributed by atoms with E-state index in [9.17, 15) is 0 Å². The van der Waals surface area contributed by atoms with Gasteiger partial charge in [-0.2, -0.15) is 5.48 Å². The molecule has 4 nitrogen and oxygen atoms in total. The van der Waals surface area contributed by atoms with Crippen molar-refractivity contribution < 1.29 is 14.3 Å². The van der Waals surface area contributed by atoms with Crippen molar-refractivity contribution in [2.45, 2.75) is 44.2 Å². The Bertz CT molecular complexity index is 429. The van der Waals surface area contributed by atoms with E-state index in [0.29, 0.717) is 6.10 Å². The molecule has 4 heteroatoms. The van der Waals surface area contributed by atoms with Crippen molar-refractivity contribution in [1.82, 2.24) is 5.48 Å². The number of hydrogen-bond acceptors (Lipinski definition) is 4. The van der Waals surface area contributed by atoms with Gasteiger partial charge in [-0.3, -0.25) is 4.84 Å². The number of methoxy groups -OCH3 is 1. The Morgan fingerprint density at radius 2 is 2.05 bits per heavy atom. The van der Waals surface area contributed by atoms with Gasteiger partial charge in [0, 0.05) is 12.0 Å². The molecule has 1 heterocycles. The minimum Gasteiger partial charge on any atom is -0.497 e. The van der Waals surface area contributed by atoms with E-state index in [0.717, 1.165) is 30.1 Å². The van der Waals surface area contributed by atoms with Crippen molar-refractivity contribution in [2.24, 2.45) is 0 Å². The van der Waals surface area contributed by atoms with Gasteiger partial charge in [-0.15, -0.1) is 0 Å². The monoisotopic (exact) mass is 263 g/mol. The Labute approximate surface area is 114 Å². The van der Waals surface area contributed by atoms with Crippen molar-refractivity contribution >= 4 is 0 Å². The molecular formula is C15H21NO3. The lowest BCUT2D eigenvalue weighted by Crippen LogP contribution is -2.30. The number of nitrogens with one attached hydrogen (secondary N) is 1. The highest BCUT2D eigenvalue weighted by molar-refractivity contribution is 5.43. The van der Waals surface area contributed by atoms with Gasteiger partial charge in [0.1, 0.15) is 11.5 Å². The molecule has 1 aromatic carbocycles. The van der Waals surface area contributed by atoms with Gasteiger partial charge in [0.15, 0.2) is 0 Å². The normalized spacial score (nSPS) is 22.9. The molecule has 0 saturated heterocycles. The van der Waals surface area contributed by atoms with E-state index in [1.54, 1.807) is 7.11 Å². The molecule has 0 radical (unpaired) electrons. The first-order valence-electron chi connectivity index (χ1n) is 7.09. The zero-order chi connectivity index (χ0) is 13.1. The summed E-state index contributed by atoms with van der Waals surface area (Å²) in [6, 6.07) is 6.13. The molecule has 0 amide bonds. The second-order valence-corrected chi connectivity index (χ2v) is 5.24. The second kappa shape index (κ2) is 5.80. The van der Waals surface area contributed by atoms with Crippen LogP contribution in [0.1, 0.15) is 43.7 Å². The first kappa shape index (κ1) is 12.8. The highest BCUT2D eigenvalue weighted by Crippen LogP contribution is 2.35. The van der Waals surface area contributed by atoms with Crippen molar-refractivity contribution in [3.63, 3.8) is 0 Å². The van der Waals surface area contributed by atoms with Crippen molar-refractivity contribution in [3.05, 3.63) is 23.8 Å². The molecule has 104 valence electrons. The lowest BCUT2D eigenvalue weighted by Gasteiger charge is -2.27. The molecule has 1 unspecified atom stereocenters. The van der Waals surface area contributed by atoms with Crippen LogP contribution in [-0.4, -0.2) is 19.8 Å². The van der Waals surface area contributed by atoms with Crippen LogP contribution in [0.4, 0.5) is 0 Å². The minimum absolute atomic E-state index is 0.194. The Hall–Kier alpha value is -1.26. The van der Waals surface area contributed by atoms with Gasteiger partial charge in [-0.05, 0) is 31.0 Å². The summed E-state index contributed by atoms with van der Waals surface area (Å²) in [4.78, 5) is 5.83. The summed E-state index contributed by atoms with van der Waals surface area (Å²) in [5.41, 5.74) is 4.36. The maximum atomic E-state index is 5.83. The molecule has 0 spiro atoms. The van der Waals surface area contributed by atoms with Crippen LogP contribution in [-0.2, 0) is 4.84 Å². The Kier molecular flexibility index (Phi) is 3.89. The van der Waals surface area contributed by atoms with Crippen molar-refractivity contribution in [2.75, 3.05) is 13.7 Å². The Morgan fingerprint density at radius 3 is 2.84 bits per heavy atom. The molecule has 1 N–H and O–H groups in total. The smallest absolute Gasteiger partial charge is 0.124 e. The van der Waals surface area contributed by atoms with Gasteiger partial charge in [0.2, 0.25) is 0 Å². The SMILES string of the molecule is COc1ccc2c(c1)C(NOC1CCCC1)CCO2. The average Bonchev–Trinajstić information content (AvgIpc) is 2.97. The lowest BCUT2D eigenvalue weighted by molar-refractivity contribution is -0.0469. The first-order chi connectivity index (χ1) is 9.36. The predicted octanol–water partition coefficient (Wildman–Crippen LogP) is 2.98. The molecule has 0 bridgehead atoms. The summed E-state index contributed by atoms with van der Waals surface area (Å²) in [7, 11) is 1.68. The number of rotatable bonds is 4. The molecule has 1 atom stereocenters. The number of benzene rings is 1. The zero-order valence-corrected chi connectivity index (χ0v) is 11.4. The molecule has 1 fully saturated rings. The first-order valence-corrected chi connectivity index (χ1v) is 7.09. The van der Waals surface area contributed by atoms with Crippen LogP contribution >= 0.6 is 0 Å². The number of hydroxylamine groups is 1. The standard InChI is InChI=1S/C15H21NO3/c1-17-12-6-7-15-13(10-12)14(8-9-18-15)16-19-11-4-2-3-5-11/h6-7,10-11,14,16H,2-5,8-9H2,1H3. The van der Waals surface area contributed by atoms with Crippen LogP contribution in [0.5, 0.6) is 11.5 Å². The van der Waals surface area contributed by atoms with Crippen molar-refractivity contribution in [3.8, 4) is 11.5 Å². The van der Waals surface area contributed by atoms with E-state index in [-0.39, 0.29) is 6.04 Å². The van der Waals surface area contributed by atoms with Gasteiger partial charge in [-0.1, -0.05) is 12.8 Å². The van der Waals surface area contributed by atoms with E-state index in [2.05, 4.69) is 5.48 Å². The summed E-state index contributed by atoms with van der Waals surface area (Å²) in [5, 5.41) is 0. The number of fused-ring (bicyclic) bond motifs is 1. The molecular weight excluding hydrogens is 242 g/mol. The Balaban J connectivity index is 1.69. The molecule has 19 heavy (non-hydrogen) atoms. The second-order valence-electron chi connectivity index (χ2n) is 5.24. The van der Waals surface area contributed by atoms with Gasteiger partial charge in [0.05, 0.1) is 25.9 Å². The van der Waals surface area contributed by atoms with E-state index < -0.39 is 0 Å². The molecule has 2 aliphatic rings. The molecule has 0 aromatic heterocycles. The van der Waals surface area contributed by atoms with E-state index in [4.69, 9.17) is 14.3 Å². The summed E-state index contributed by atoms with van der Waals surface area (Å²) in [6.45, 7) is 0.727. The minimum atomic E-state index is 0.194. The topological polar surface area (TPSA) is 39.7 Å². The largest absolute Gasteiger partial charge is 0.497 e. The third-order valence-corrected chi connectivity index (χ3v) is 3.94. The summed E-state index contributed by atoms with van der Waals surface area (Å²) in [5.74, 6) is 1.79. The van der Waals surface area contributed by atoms with Gasteiger partial charge < -0.3 is 9.47 Å². The van der Waals surface area contributed by atoms with Gasteiger partial charge in [-0.25, -0.2) is 0 Å². The summed E-state index contributed by atoms with van der Waals surface area (Å²) < 4.78 is 11.0. The molecule has 3 rings (SSSR count). The van der Waals surface area contributed by atoms with E-state index in [1.165, 1.54) is 25.7 Å². The molecule has 1 aromatic rings. The van der Waals surface area contributed by atoms with Crippen LogP contribution in [0.15, 0.2) is 18.2 Å². The fourth-order valence-electron chi connectivity index (χ4n) is 2.81. The van der Waals surface area contributed by atoms with Crippen LogP contribution in [0.25, 0.3) is 0 Å². The fourth-order valence-corrected chi connectivity index (χ4v) is 2.81. The highest BCUT2D eigenvalue weighted by Gasteiger charge is 2.24. The van der Waals surface area contributed by atoms with Gasteiger partial charge in [0.25, 0.3) is 0 Å². The Morgan fingerprint density at radius 1 is 1.21 bits per heavy atom. The van der Waals surface area contributed by atoms with Crippen LogP contribution in [0.2, 0.25) is 0 Å². The number of hydrogen-bond donors (Lipinski definition) is 1. The molecule has 1 aliphatic heterocycles. The quantitative estimate of drug-likeness (QED) is 0.848. The van der Waals surface area contributed by atoms with Crippen LogP contribution in [0.3, 0.4) is 0 Å². The zero-order valence-electron chi connectivity index (χ0n) is 11.4.